The van der Waals surface area contributed by atoms with E-state index in [1.165, 1.54) is 19.2 Å². The molecule has 0 aliphatic heterocycles. The molecule has 0 atom stereocenters. The largest absolute Gasteiger partial charge is 0.469 e. The average molecular weight is 406 g/mol. The molecule has 29 heavy (non-hydrogen) atoms. The van der Waals surface area contributed by atoms with Gasteiger partial charge in [-0.25, -0.2) is 0 Å². The van der Waals surface area contributed by atoms with E-state index in [9.17, 15) is 18.4 Å². The van der Waals surface area contributed by atoms with Gasteiger partial charge in [-0.1, -0.05) is 18.6 Å². The van der Waals surface area contributed by atoms with Gasteiger partial charge in [-0.3, -0.25) is 9.59 Å². The monoisotopic (exact) mass is 406 g/mol. The number of rotatable bonds is 11. The quantitative estimate of drug-likeness (QED) is 0.425. The Balaban J connectivity index is 1.87. The summed E-state index contributed by atoms with van der Waals surface area (Å²) in [6.07, 6.45) is 2.65. The number of anilines is 2. The first-order valence-corrected chi connectivity index (χ1v) is 9.25. The van der Waals surface area contributed by atoms with Crippen molar-refractivity contribution in [1.29, 1.82) is 0 Å². The summed E-state index contributed by atoms with van der Waals surface area (Å²) >= 11 is 0. The first kappa shape index (κ1) is 22.1. The van der Waals surface area contributed by atoms with Crippen LogP contribution in [-0.2, 0) is 9.53 Å². The number of methoxy groups -OCH3 is 1. The zero-order valence-electron chi connectivity index (χ0n) is 16.1. The number of esters is 1. The van der Waals surface area contributed by atoms with Gasteiger partial charge in [0.05, 0.1) is 18.4 Å². The van der Waals surface area contributed by atoms with Gasteiger partial charge in [0, 0.05) is 18.7 Å². The lowest BCUT2D eigenvalue weighted by atomic mass is 10.1. The summed E-state index contributed by atoms with van der Waals surface area (Å²) in [5.74, 6) is -0.398. The zero-order chi connectivity index (χ0) is 21.1. The van der Waals surface area contributed by atoms with Gasteiger partial charge < -0.3 is 20.1 Å². The maximum absolute atomic E-state index is 12.5. The van der Waals surface area contributed by atoms with E-state index in [1.54, 1.807) is 36.4 Å². The Labute approximate surface area is 168 Å². The van der Waals surface area contributed by atoms with E-state index in [1.807, 2.05) is 0 Å². The SMILES string of the molecule is COC(=O)CCCCCNC(=O)c1ccccc1Nc1ccc(OC(F)F)cc1. The number of unbranched alkanes of at least 4 members (excludes halogenated alkanes) is 2. The van der Waals surface area contributed by atoms with Crippen LogP contribution in [0.15, 0.2) is 48.5 Å². The van der Waals surface area contributed by atoms with Crippen LogP contribution in [-0.4, -0.2) is 32.1 Å². The second-order valence-electron chi connectivity index (χ2n) is 6.22. The fourth-order valence-corrected chi connectivity index (χ4v) is 2.64. The molecule has 2 rings (SSSR count). The van der Waals surface area contributed by atoms with Crippen LogP contribution < -0.4 is 15.4 Å². The van der Waals surface area contributed by atoms with Crippen molar-refractivity contribution in [3.8, 4) is 5.75 Å². The van der Waals surface area contributed by atoms with Gasteiger partial charge in [0.1, 0.15) is 5.75 Å². The minimum absolute atomic E-state index is 0.0591. The smallest absolute Gasteiger partial charge is 0.387 e. The molecule has 0 bridgehead atoms. The molecule has 1 amide bonds. The first-order valence-electron chi connectivity index (χ1n) is 9.25. The molecular weight excluding hydrogens is 382 g/mol. The van der Waals surface area contributed by atoms with Crippen molar-refractivity contribution in [3.05, 3.63) is 54.1 Å². The molecule has 0 saturated heterocycles. The molecule has 156 valence electrons. The van der Waals surface area contributed by atoms with Crippen LogP contribution >= 0.6 is 0 Å². The van der Waals surface area contributed by atoms with Crippen LogP contribution in [0.1, 0.15) is 36.0 Å². The molecule has 0 unspecified atom stereocenters. The predicted molar refractivity (Wildman–Crippen MR) is 106 cm³/mol. The van der Waals surface area contributed by atoms with Gasteiger partial charge in [-0.05, 0) is 49.2 Å². The highest BCUT2D eigenvalue weighted by molar-refractivity contribution is 6.00. The standard InChI is InChI=1S/C21H24F2N2O4/c1-28-19(26)9-3-2-6-14-24-20(27)17-7-4-5-8-18(17)25-15-10-12-16(13-11-15)29-21(22)23/h4-5,7-8,10-13,21,25H,2-3,6,9,14H2,1H3,(H,24,27). The van der Waals surface area contributed by atoms with E-state index in [2.05, 4.69) is 20.1 Å². The number of alkyl halides is 2. The summed E-state index contributed by atoms with van der Waals surface area (Å²) < 4.78 is 33.4. The van der Waals surface area contributed by atoms with Crippen molar-refractivity contribution < 1.29 is 27.8 Å². The number of amides is 1. The molecular formula is C21H24F2N2O4. The molecule has 2 aromatic rings. The van der Waals surface area contributed by atoms with Crippen LogP contribution in [0.25, 0.3) is 0 Å². The van der Waals surface area contributed by atoms with Crippen LogP contribution in [0.3, 0.4) is 0 Å². The molecule has 0 spiro atoms. The molecule has 0 heterocycles. The molecule has 0 aliphatic rings. The molecule has 0 fully saturated rings. The number of benzene rings is 2. The van der Waals surface area contributed by atoms with Crippen molar-refractivity contribution in [2.24, 2.45) is 0 Å². The minimum Gasteiger partial charge on any atom is -0.469 e. The van der Waals surface area contributed by atoms with E-state index < -0.39 is 6.61 Å². The van der Waals surface area contributed by atoms with E-state index >= 15 is 0 Å². The summed E-state index contributed by atoms with van der Waals surface area (Å²) in [6.45, 7) is -2.38. The van der Waals surface area contributed by atoms with Crippen LogP contribution in [0.2, 0.25) is 0 Å². The number of nitrogens with one attached hydrogen (secondary N) is 2. The van der Waals surface area contributed by atoms with Crippen molar-refractivity contribution in [2.45, 2.75) is 32.3 Å². The fraction of sp³-hybridized carbons (Fsp3) is 0.333. The average Bonchev–Trinajstić information content (AvgIpc) is 2.71. The summed E-state index contributed by atoms with van der Waals surface area (Å²) in [5, 5.41) is 5.97. The molecule has 0 aromatic heterocycles. The molecule has 0 saturated carbocycles. The third-order valence-electron chi connectivity index (χ3n) is 4.10. The molecule has 2 N–H and O–H groups in total. The lowest BCUT2D eigenvalue weighted by Gasteiger charge is -2.13. The van der Waals surface area contributed by atoms with Gasteiger partial charge in [0.2, 0.25) is 0 Å². The topological polar surface area (TPSA) is 76.7 Å². The maximum atomic E-state index is 12.5. The third-order valence-corrected chi connectivity index (χ3v) is 4.10. The van der Waals surface area contributed by atoms with Crippen LogP contribution in [0, 0.1) is 0 Å². The Bertz CT molecular complexity index is 798. The van der Waals surface area contributed by atoms with E-state index in [-0.39, 0.29) is 17.6 Å². The van der Waals surface area contributed by atoms with Gasteiger partial charge in [0.15, 0.2) is 0 Å². The lowest BCUT2D eigenvalue weighted by Crippen LogP contribution is -2.25. The fourth-order valence-electron chi connectivity index (χ4n) is 2.64. The van der Waals surface area contributed by atoms with Gasteiger partial charge in [-0.15, -0.1) is 0 Å². The van der Waals surface area contributed by atoms with Crippen LogP contribution in [0.4, 0.5) is 20.2 Å². The van der Waals surface area contributed by atoms with Crippen molar-refractivity contribution in [2.75, 3.05) is 19.0 Å². The Morgan fingerprint density at radius 3 is 2.41 bits per heavy atom. The number of halogens is 2. The molecule has 2 aromatic carbocycles. The van der Waals surface area contributed by atoms with Gasteiger partial charge in [0.25, 0.3) is 5.91 Å². The first-order chi connectivity index (χ1) is 14.0. The second-order valence-corrected chi connectivity index (χ2v) is 6.22. The summed E-state index contributed by atoms with van der Waals surface area (Å²) in [6, 6.07) is 13.0. The highest BCUT2D eigenvalue weighted by Gasteiger charge is 2.11. The maximum Gasteiger partial charge on any atom is 0.387 e. The lowest BCUT2D eigenvalue weighted by molar-refractivity contribution is -0.140. The van der Waals surface area contributed by atoms with E-state index in [4.69, 9.17) is 0 Å². The van der Waals surface area contributed by atoms with Crippen LogP contribution in [0.5, 0.6) is 5.75 Å². The van der Waals surface area contributed by atoms with Gasteiger partial charge in [-0.2, -0.15) is 8.78 Å². The number of ether oxygens (including phenoxy) is 2. The van der Waals surface area contributed by atoms with Crippen molar-refractivity contribution in [1.82, 2.24) is 5.32 Å². The molecule has 6 nitrogen and oxygen atoms in total. The minimum atomic E-state index is -2.88. The highest BCUT2D eigenvalue weighted by Crippen LogP contribution is 2.23. The molecule has 8 heteroatoms. The van der Waals surface area contributed by atoms with E-state index in [0.29, 0.717) is 36.3 Å². The van der Waals surface area contributed by atoms with E-state index in [0.717, 1.165) is 12.8 Å². The Morgan fingerprint density at radius 1 is 1.00 bits per heavy atom. The summed E-state index contributed by atoms with van der Waals surface area (Å²) in [5.41, 5.74) is 1.70. The Kier molecular flexibility index (Phi) is 8.88. The number of hydrogen-bond acceptors (Lipinski definition) is 5. The summed E-state index contributed by atoms with van der Waals surface area (Å²) in [4.78, 5) is 23.5. The third kappa shape index (κ3) is 7.77. The van der Waals surface area contributed by atoms with Crippen molar-refractivity contribution >= 4 is 23.3 Å². The normalized spacial score (nSPS) is 10.5. The highest BCUT2D eigenvalue weighted by atomic mass is 19.3. The zero-order valence-corrected chi connectivity index (χ0v) is 16.1. The number of carbonyl (C=O) groups is 2. The summed E-state index contributed by atoms with van der Waals surface area (Å²) in [7, 11) is 1.36. The Morgan fingerprint density at radius 2 is 1.72 bits per heavy atom. The molecule has 0 aliphatic carbocycles. The van der Waals surface area contributed by atoms with Crippen molar-refractivity contribution in [3.63, 3.8) is 0 Å². The Hall–Kier alpha value is -3.16. The number of hydrogen-bond donors (Lipinski definition) is 2. The van der Waals surface area contributed by atoms with Gasteiger partial charge >= 0.3 is 12.6 Å². The number of para-hydroxylation sites is 1. The second kappa shape index (κ2) is 11.6. The molecule has 0 radical (unpaired) electrons. The predicted octanol–water partition coefficient (Wildman–Crippen LogP) is 4.49. The number of carbonyl (C=O) groups excluding carboxylic acids is 2.